The van der Waals surface area contributed by atoms with Gasteiger partial charge >= 0.3 is 0 Å². The number of carbonyl (C=O) groups is 1. The highest BCUT2D eigenvalue weighted by atomic mass is 16.1. The molecule has 3 rings (SSSR count). The van der Waals surface area contributed by atoms with Crippen LogP contribution in [-0.2, 0) is 0 Å². The lowest BCUT2D eigenvalue weighted by Crippen LogP contribution is -2.48. The Morgan fingerprint density at radius 1 is 1.22 bits per heavy atom. The number of amides is 1. The second-order valence-corrected chi connectivity index (χ2v) is 6.93. The van der Waals surface area contributed by atoms with Crippen LogP contribution in [0.25, 0.3) is 10.9 Å². The van der Waals surface area contributed by atoms with Gasteiger partial charge in [-0.3, -0.25) is 4.79 Å². The Balaban J connectivity index is 1.62. The zero-order valence-electron chi connectivity index (χ0n) is 14.2. The summed E-state index contributed by atoms with van der Waals surface area (Å²) in [5.74, 6) is 0.0205. The highest BCUT2D eigenvalue weighted by Crippen LogP contribution is 2.34. The summed E-state index contributed by atoms with van der Waals surface area (Å²) in [4.78, 5) is 18.0. The summed E-state index contributed by atoms with van der Waals surface area (Å²) in [5.41, 5.74) is 2.00. The Morgan fingerprint density at radius 2 is 1.96 bits per heavy atom. The van der Waals surface area contributed by atoms with E-state index < -0.39 is 0 Å². The van der Waals surface area contributed by atoms with E-state index in [1.54, 1.807) is 0 Å². The van der Waals surface area contributed by atoms with Gasteiger partial charge in [0, 0.05) is 29.2 Å². The van der Waals surface area contributed by atoms with E-state index in [2.05, 4.69) is 29.3 Å². The van der Waals surface area contributed by atoms with Gasteiger partial charge in [0.2, 0.25) is 0 Å². The minimum absolute atomic E-state index is 0.0205. The lowest BCUT2D eigenvalue weighted by Gasteiger charge is -2.43. The van der Waals surface area contributed by atoms with Gasteiger partial charge in [-0.25, -0.2) is 0 Å². The van der Waals surface area contributed by atoms with Crippen molar-refractivity contribution in [1.82, 2.24) is 15.2 Å². The van der Waals surface area contributed by atoms with Gasteiger partial charge in [0.05, 0.1) is 5.56 Å². The van der Waals surface area contributed by atoms with Gasteiger partial charge in [0.25, 0.3) is 5.91 Å². The molecule has 0 saturated heterocycles. The average molecular weight is 313 g/mol. The van der Waals surface area contributed by atoms with E-state index in [0.717, 1.165) is 29.4 Å². The smallest absolute Gasteiger partial charge is 0.253 e. The molecule has 124 valence electrons. The van der Waals surface area contributed by atoms with E-state index in [4.69, 9.17) is 0 Å². The molecule has 1 saturated carbocycles. The van der Waals surface area contributed by atoms with Crippen molar-refractivity contribution >= 4 is 16.8 Å². The zero-order valence-corrected chi connectivity index (χ0v) is 14.2. The van der Waals surface area contributed by atoms with Crippen LogP contribution in [-0.4, -0.2) is 42.0 Å². The molecular formula is C19H27N3O. The van der Waals surface area contributed by atoms with Crippen LogP contribution in [0.15, 0.2) is 30.5 Å². The van der Waals surface area contributed by atoms with Crippen LogP contribution in [0, 0.1) is 0 Å². The summed E-state index contributed by atoms with van der Waals surface area (Å²) in [6.07, 6.45) is 9.25. The van der Waals surface area contributed by atoms with Gasteiger partial charge in [-0.15, -0.1) is 0 Å². The number of rotatable bonds is 5. The molecule has 2 aromatic rings. The molecule has 4 nitrogen and oxygen atoms in total. The normalized spacial score (nSPS) is 17.5. The van der Waals surface area contributed by atoms with E-state index in [1.807, 2.05) is 30.5 Å². The van der Waals surface area contributed by atoms with Crippen molar-refractivity contribution in [2.45, 2.75) is 44.1 Å². The Kier molecular flexibility index (Phi) is 4.71. The first-order chi connectivity index (χ1) is 11.1. The molecule has 0 spiro atoms. The first kappa shape index (κ1) is 16.1. The first-order valence-corrected chi connectivity index (χ1v) is 8.64. The van der Waals surface area contributed by atoms with Crippen molar-refractivity contribution in [1.29, 1.82) is 0 Å². The summed E-state index contributed by atoms with van der Waals surface area (Å²) in [5, 5.41) is 4.11. The summed E-state index contributed by atoms with van der Waals surface area (Å²) >= 11 is 0. The highest BCUT2D eigenvalue weighted by molar-refractivity contribution is 6.06. The van der Waals surface area contributed by atoms with Crippen molar-refractivity contribution in [3.8, 4) is 0 Å². The number of para-hydroxylation sites is 1. The number of H-pyrrole nitrogens is 1. The molecule has 0 bridgehead atoms. The predicted molar refractivity (Wildman–Crippen MR) is 94.8 cm³/mol. The standard InChI is InChI=1S/C19H27N3O/c1-22(2)19(10-6-3-7-11-19)12-13-20-18(23)16-14-21-17-9-5-4-8-15(16)17/h4-5,8-9,14,21H,3,6-7,10-13H2,1-2H3,(H,20,23). The van der Waals surface area contributed by atoms with Gasteiger partial charge in [-0.1, -0.05) is 37.5 Å². The number of hydrogen-bond acceptors (Lipinski definition) is 2. The molecule has 1 aromatic carbocycles. The monoisotopic (exact) mass is 313 g/mol. The van der Waals surface area contributed by atoms with Crippen molar-refractivity contribution < 1.29 is 4.79 Å². The third-order valence-corrected chi connectivity index (χ3v) is 5.44. The highest BCUT2D eigenvalue weighted by Gasteiger charge is 2.33. The maximum Gasteiger partial charge on any atom is 0.253 e. The van der Waals surface area contributed by atoms with Gasteiger partial charge in [-0.05, 0) is 39.4 Å². The summed E-state index contributed by atoms with van der Waals surface area (Å²) < 4.78 is 0. The van der Waals surface area contributed by atoms with Gasteiger partial charge in [0.15, 0.2) is 0 Å². The molecule has 1 fully saturated rings. The van der Waals surface area contributed by atoms with Crippen LogP contribution in [0.1, 0.15) is 48.9 Å². The maximum absolute atomic E-state index is 12.5. The molecule has 1 aliphatic rings. The van der Waals surface area contributed by atoms with Gasteiger partial charge in [-0.2, -0.15) is 0 Å². The van der Waals surface area contributed by atoms with Crippen molar-refractivity contribution in [3.05, 3.63) is 36.0 Å². The number of carbonyl (C=O) groups excluding carboxylic acids is 1. The van der Waals surface area contributed by atoms with Gasteiger partial charge in [0.1, 0.15) is 0 Å². The molecule has 0 aliphatic heterocycles. The molecule has 1 amide bonds. The molecule has 4 heteroatoms. The Labute approximate surface area is 138 Å². The molecule has 0 atom stereocenters. The topological polar surface area (TPSA) is 48.1 Å². The molecule has 1 aliphatic carbocycles. The minimum Gasteiger partial charge on any atom is -0.360 e. The number of aromatic nitrogens is 1. The lowest BCUT2D eigenvalue weighted by atomic mass is 9.78. The number of nitrogens with zero attached hydrogens (tertiary/aromatic N) is 1. The molecule has 1 aromatic heterocycles. The van der Waals surface area contributed by atoms with Crippen LogP contribution < -0.4 is 5.32 Å². The average Bonchev–Trinajstić information content (AvgIpc) is 2.99. The summed E-state index contributed by atoms with van der Waals surface area (Å²) in [6.45, 7) is 0.733. The number of nitrogens with one attached hydrogen (secondary N) is 2. The minimum atomic E-state index is 0.0205. The van der Waals surface area contributed by atoms with Crippen molar-refractivity contribution in [3.63, 3.8) is 0 Å². The van der Waals surface area contributed by atoms with Crippen molar-refractivity contribution in [2.24, 2.45) is 0 Å². The fourth-order valence-electron chi connectivity index (χ4n) is 3.89. The van der Waals surface area contributed by atoms with E-state index >= 15 is 0 Å². The molecule has 2 N–H and O–H groups in total. The van der Waals surface area contributed by atoms with Crippen LogP contribution in [0.3, 0.4) is 0 Å². The molecule has 0 unspecified atom stereocenters. The first-order valence-electron chi connectivity index (χ1n) is 8.64. The molecule has 0 radical (unpaired) electrons. The quantitative estimate of drug-likeness (QED) is 0.887. The molecular weight excluding hydrogens is 286 g/mol. The third kappa shape index (κ3) is 3.27. The fourth-order valence-corrected chi connectivity index (χ4v) is 3.89. The Hall–Kier alpha value is -1.81. The summed E-state index contributed by atoms with van der Waals surface area (Å²) in [6, 6.07) is 7.93. The molecule has 1 heterocycles. The zero-order chi connectivity index (χ0) is 16.3. The Bertz CT molecular complexity index is 668. The SMILES string of the molecule is CN(C)C1(CCNC(=O)c2c[nH]c3ccccc23)CCCCC1. The maximum atomic E-state index is 12.5. The van der Waals surface area contributed by atoms with E-state index in [-0.39, 0.29) is 11.4 Å². The van der Waals surface area contributed by atoms with E-state index in [1.165, 1.54) is 32.1 Å². The third-order valence-electron chi connectivity index (χ3n) is 5.44. The lowest BCUT2D eigenvalue weighted by molar-refractivity contribution is 0.0836. The number of fused-ring (bicyclic) bond motifs is 1. The number of aromatic amines is 1. The van der Waals surface area contributed by atoms with E-state index in [0.29, 0.717) is 0 Å². The van der Waals surface area contributed by atoms with Gasteiger partial charge < -0.3 is 15.2 Å². The predicted octanol–water partition coefficient (Wildman–Crippen LogP) is 3.55. The summed E-state index contributed by atoms with van der Waals surface area (Å²) in [7, 11) is 4.35. The Morgan fingerprint density at radius 3 is 2.70 bits per heavy atom. The van der Waals surface area contributed by atoms with Crippen LogP contribution >= 0.6 is 0 Å². The van der Waals surface area contributed by atoms with Crippen LogP contribution in [0.4, 0.5) is 0 Å². The van der Waals surface area contributed by atoms with E-state index in [9.17, 15) is 4.79 Å². The second kappa shape index (κ2) is 6.75. The number of hydrogen-bond donors (Lipinski definition) is 2. The second-order valence-electron chi connectivity index (χ2n) is 6.93. The van der Waals surface area contributed by atoms with Crippen molar-refractivity contribution in [2.75, 3.05) is 20.6 Å². The molecule has 23 heavy (non-hydrogen) atoms. The number of benzene rings is 1. The largest absolute Gasteiger partial charge is 0.360 e. The fraction of sp³-hybridized carbons (Fsp3) is 0.526. The van der Waals surface area contributed by atoms with Crippen LogP contribution in [0.2, 0.25) is 0 Å². The van der Waals surface area contributed by atoms with Crippen LogP contribution in [0.5, 0.6) is 0 Å².